The summed E-state index contributed by atoms with van der Waals surface area (Å²) < 4.78 is 10.8. The number of nitrogens with zero attached hydrogens (tertiary/aromatic N) is 5. The van der Waals surface area contributed by atoms with E-state index in [1.165, 1.54) is 0 Å². The van der Waals surface area contributed by atoms with Crippen LogP contribution < -0.4 is 4.90 Å². The summed E-state index contributed by atoms with van der Waals surface area (Å²) in [7, 11) is 1.62. The van der Waals surface area contributed by atoms with Gasteiger partial charge in [0.2, 0.25) is 5.91 Å². The molecule has 9 nitrogen and oxygen atoms in total. The van der Waals surface area contributed by atoms with Crippen LogP contribution in [0.1, 0.15) is 81.2 Å². The van der Waals surface area contributed by atoms with E-state index in [1.807, 2.05) is 25.7 Å². The van der Waals surface area contributed by atoms with Gasteiger partial charge in [0, 0.05) is 39.2 Å². The quantitative estimate of drug-likeness (QED) is 0.578. The summed E-state index contributed by atoms with van der Waals surface area (Å²) in [5.74, 6) is 1.82. The number of carbonyl (C=O) groups excluding carboxylic acids is 2. The van der Waals surface area contributed by atoms with Crippen LogP contribution in [0, 0.1) is 17.2 Å². The van der Waals surface area contributed by atoms with Gasteiger partial charge in [-0.2, -0.15) is 5.26 Å². The lowest BCUT2D eigenvalue weighted by molar-refractivity contribution is -0.135. The number of fused-ring (bicyclic) bond motifs is 1. The molecule has 2 aliphatic carbocycles. The number of nitriles is 1. The van der Waals surface area contributed by atoms with Crippen molar-refractivity contribution in [1.82, 2.24) is 14.8 Å². The Kier molecular flexibility index (Phi) is 7.06. The van der Waals surface area contributed by atoms with Crippen LogP contribution in [0.15, 0.2) is 0 Å². The Morgan fingerprint density at radius 3 is 2.49 bits per heavy atom. The SMILES string of the molecule is COCCC(=O)N1CCN(c2nc(C3CC3)c3c(c2C#N)CCN(C(=O)OC(C)(C)C)C3)CC1C1CC1. The Bertz CT molecular complexity index is 1100. The van der Waals surface area contributed by atoms with Crippen LogP contribution in [0.4, 0.5) is 10.6 Å². The maximum Gasteiger partial charge on any atom is 0.410 e. The number of anilines is 1. The average Bonchev–Trinajstić information content (AvgIpc) is 3.78. The fourth-order valence-corrected chi connectivity index (χ4v) is 5.70. The van der Waals surface area contributed by atoms with Crippen molar-refractivity contribution in [3.05, 3.63) is 22.4 Å². The van der Waals surface area contributed by atoms with Crippen molar-refractivity contribution in [2.45, 2.75) is 83.4 Å². The molecule has 0 bridgehead atoms. The standard InChI is InChI=1S/C28H39N5O4/c1-28(2,3)37-27(35)32-11-9-20-21(15-29)26(30-25(19-7-8-19)22(20)16-32)31-12-13-33(24(34)10-14-36-4)23(17-31)18-5-6-18/h18-19,23H,5-14,16-17H2,1-4H3. The topological polar surface area (TPSA) is 99.0 Å². The highest BCUT2D eigenvalue weighted by molar-refractivity contribution is 5.77. The molecule has 3 fully saturated rings. The molecule has 2 amide bonds. The predicted octanol–water partition coefficient (Wildman–Crippen LogP) is 3.59. The van der Waals surface area contributed by atoms with E-state index in [9.17, 15) is 14.9 Å². The van der Waals surface area contributed by atoms with Gasteiger partial charge in [-0.1, -0.05) is 0 Å². The molecule has 2 aliphatic heterocycles. The minimum absolute atomic E-state index is 0.148. The van der Waals surface area contributed by atoms with E-state index < -0.39 is 5.60 Å². The molecule has 4 aliphatic rings. The van der Waals surface area contributed by atoms with Gasteiger partial charge in [0.25, 0.3) is 0 Å². The molecule has 1 unspecified atom stereocenters. The molecule has 0 radical (unpaired) electrons. The highest BCUT2D eigenvalue weighted by Gasteiger charge is 2.42. The second-order valence-corrected chi connectivity index (χ2v) is 11.9. The van der Waals surface area contributed by atoms with Crippen LogP contribution in [0.5, 0.6) is 0 Å². The summed E-state index contributed by atoms with van der Waals surface area (Å²) in [6, 6.07) is 2.62. The Labute approximate surface area is 219 Å². The van der Waals surface area contributed by atoms with E-state index in [2.05, 4.69) is 11.0 Å². The van der Waals surface area contributed by atoms with Gasteiger partial charge in [0.05, 0.1) is 36.9 Å². The zero-order valence-electron chi connectivity index (χ0n) is 22.6. The number of piperazine rings is 1. The van der Waals surface area contributed by atoms with Gasteiger partial charge in [-0.25, -0.2) is 9.78 Å². The van der Waals surface area contributed by atoms with Crippen LogP contribution in [-0.2, 0) is 27.2 Å². The molecule has 2 saturated carbocycles. The minimum Gasteiger partial charge on any atom is -0.444 e. The summed E-state index contributed by atoms with van der Waals surface area (Å²) >= 11 is 0. The normalized spacial score (nSPS) is 21.9. The molecule has 9 heteroatoms. The van der Waals surface area contributed by atoms with Gasteiger partial charge in [0.15, 0.2) is 0 Å². The molecule has 1 atom stereocenters. The second-order valence-electron chi connectivity index (χ2n) is 11.9. The van der Waals surface area contributed by atoms with Crippen LogP contribution in [0.25, 0.3) is 0 Å². The number of aromatic nitrogens is 1. The van der Waals surface area contributed by atoms with E-state index in [1.54, 1.807) is 12.0 Å². The molecule has 3 heterocycles. The van der Waals surface area contributed by atoms with Crippen LogP contribution in [-0.4, -0.2) is 78.3 Å². The molecule has 1 aromatic rings. The average molecular weight is 510 g/mol. The fraction of sp³-hybridized carbons (Fsp3) is 0.714. The Balaban J connectivity index is 1.42. The third-order valence-electron chi connectivity index (χ3n) is 7.86. The first-order valence-corrected chi connectivity index (χ1v) is 13.7. The fourth-order valence-electron chi connectivity index (χ4n) is 5.70. The number of carbonyl (C=O) groups is 2. The van der Waals surface area contributed by atoms with Crippen molar-refractivity contribution in [1.29, 1.82) is 5.26 Å². The largest absolute Gasteiger partial charge is 0.444 e. The third kappa shape index (κ3) is 5.54. The molecule has 1 aromatic heterocycles. The molecular weight excluding hydrogens is 470 g/mol. The number of amides is 2. The van der Waals surface area contributed by atoms with E-state index in [-0.39, 0.29) is 18.0 Å². The van der Waals surface area contributed by atoms with Crippen molar-refractivity contribution < 1.29 is 19.1 Å². The van der Waals surface area contributed by atoms with E-state index in [0.717, 1.165) is 48.3 Å². The number of ether oxygens (including phenoxy) is 2. The van der Waals surface area contributed by atoms with Crippen molar-refractivity contribution in [2.75, 3.05) is 44.8 Å². The number of hydrogen-bond donors (Lipinski definition) is 0. The Morgan fingerprint density at radius 2 is 1.86 bits per heavy atom. The van der Waals surface area contributed by atoms with Crippen LogP contribution in [0.2, 0.25) is 0 Å². The molecule has 0 aromatic carbocycles. The summed E-state index contributed by atoms with van der Waals surface area (Å²) in [5, 5.41) is 10.3. The van der Waals surface area contributed by atoms with Gasteiger partial charge in [-0.15, -0.1) is 0 Å². The van der Waals surface area contributed by atoms with Gasteiger partial charge in [-0.05, 0) is 69.9 Å². The number of pyridine rings is 1. The zero-order chi connectivity index (χ0) is 26.3. The Morgan fingerprint density at radius 1 is 1.11 bits per heavy atom. The van der Waals surface area contributed by atoms with Crippen molar-refractivity contribution in [3.63, 3.8) is 0 Å². The van der Waals surface area contributed by atoms with E-state index in [0.29, 0.717) is 69.6 Å². The highest BCUT2D eigenvalue weighted by Crippen LogP contribution is 2.45. The maximum absolute atomic E-state index is 12.9. The van der Waals surface area contributed by atoms with Gasteiger partial charge >= 0.3 is 6.09 Å². The number of hydrogen-bond acceptors (Lipinski definition) is 7. The van der Waals surface area contributed by atoms with Gasteiger partial charge in [-0.3, -0.25) is 4.79 Å². The van der Waals surface area contributed by atoms with Crippen molar-refractivity contribution >= 4 is 17.8 Å². The van der Waals surface area contributed by atoms with Gasteiger partial charge in [0.1, 0.15) is 17.5 Å². The first-order valence-electron chi connectivity index (χ1n) is 13.7. The van der Waals surface area contributed by atoms with Gasteiger partial charge < -0.3 is 24.2 Å². The summed E-state index contributed by atoms with van der Waals surface area (Å²) in [6.07, 6.45) is 5.16. The molecule has 5 rings (SSSR count). The third-order valence-corrected chi connectivity index (χ3v) is 7.86. The Hall–Kier alpha value is -2.86. The molecular formula is C28H39N5O4. The lowest BCUT2D eigenvalue weighted by atomic mass is 9.92. The molecule has 1 saturated heterocycles. The molecule has 37 heavy (non-hydrogen) atoms. The first kappa shape index (κ1) is 25.8. The summed E-state index contributed by atoms with van der Waals surface area (Å²) in [5.41, 5.74) is 3.19. The minimum atomic E-state index is -0.554. The molecule has 200 valence electrons. The number of rotatable bonds is 6. The zero-order valence-corrected chi connectivity index (χ0v) is 22.6. The molecule has 0 spiro atoms. The lowest BCUT2D eigenvalue weighted by Gasteiger charge is -2.43. The van der Waals surface area contributed by atoms with Crippen molar-refractivity contribution in [2.24, 2.45) is 5.92 Å². The smallest absolute Gasteiger partial charge is 0.410 e. The highest BCUT2D eigenvalue weighted by atomic mass is 16.6. The number of methoxy groups -OCH3 is 1. The monoisotopic (exact) mass is 509 g/mol. The van der Waals surface area contributed by atoms with Crippen molar-refractivity contribution in [3.8, 4) is 6.07 Å². The lowest BCUT2D eigenvalue weighted by Crippen LogP contribution is -2.56. The van der Waals surface area contributed by atoms with E-state index >= 15 is 0 Å². The van der Waals surface area contributed by atoms with E-state index in [4.69, 9.17) is 14.5 Å². The maximum atomic E-state index is 12.9. The first-order chi connectivity index (χ1) is 17.7. The van der Waals surface area contributed by atoms with Crippen LogP contribution in [0.3, 0.4) is 0 Å². The molecule has 0 N–H and O–H groups in total. The summed E-state index contributed by atoms with van der Waals surface area (Å²) in [4.78, 5) is 36.9. The van der Waals surface area contributed by atoms with Crippen LogP contribution >= 0.6 is 0 Å². The predicted molar refractivity (Wildman–Crippen MR) is 138 cm³/mol. The summed E-state index contributed by atoms with van der Waals surface area (Å²) in [6.45, 7) is 9.03. The second kappa shape index (κ2) is 10.1.